The molecule has 0 aromatic carbocycles. The average molecular weight is 1150 g/mol. The summed E-state index contributed by atoms with van der Waals surface area (Å²) in [5.41, 5.74) is -0.0115. The van der Waals surface area contributed by atoms with Crippen LogP contribution in [0.15, 0.2) is 12.3 Å². The Bertz CT molecular complexity index is 1390. The standard InChI is InChI=1S/C20H38O3.C17H31NO4.C13H26O.2C9H18O.C2H6/c1-6-8-9-10-11-12-13-18(4)23-16-19(15-22-5)14-20(21)17(3)7-2;1-6-13(11-21-5)9-16(20)22-12-14-7-8-18(14)15(19)10-17(2,3)4;1-4-6-7-8-9-10-11-13(14)12(3)5-2;2*1-2-3-4-5-6-7-8-9-10;1-2/h17,19H,4,6-16H2,1-3,5H3;13-14H,6-12H2,1-5H3;12H,4-11H2,1-3H3;2*9H,2-8H2,1H3;1-2H3. The van der Waals surface area contributed by atoms with E-state index in [0.29, 0.717) is 57.3 Å². The topological polar surface area (TPSA) is 143 Å². The molecule has 81 heavy (non-hydrogen) atoms. The zero-order valence-corrected chi connectivity index (χ0v) is 56.6. The van der Waals surface area contributed by atoms with E-state index in [0.717, 1.165) is 102 Å². The molecule has 1 rings (SSSR count). The fourth-order valence-corrected chi connectivity index (χ4v) is 8.63. The lowest BCUT2D eigenvalue weighted by Gasteiger charge is -2.41. The van der Waals surface area contributed by atoms with E-state index < -0.39 is 0 Å². The largest absolute Gasteiger partial charge is 0.498 e. The number of methoxy groups -OCH3 is 2. The Balaban J connectivity index is -0.000000307. The maximum atomic E-state index is 12.2. The number of allylic oxidation sites excluding steroid dienone is 1. The molecule has 1 saturated heterocycles. The number of ether oxygens (including phenoxy) is 4. The summed E-state index contributed by atoms with van der Waals surface area (Å²) < 4.78 is 21.4. The van der Waals surface area contributed by atoms with Crippen LogP contribution in [0.25, 0.3) is 0 Å². The van der Waals surface area contributed by atoms with Crippen molar-refractivity contribution in [3.63, 3.8) is 0 Å². The average Bonchev–Trinajstić information content (AvgIpc) is 3.44. The molecule has 11 nitrogen and oxygen atoms in total. The predicted molar refractivity (Wildman–Crippen MR) is 345 cm³/mol. The number of hydrogen-bond donors (Lipinski definition) is 0. The van der Waals surface area contributed by atoms with Crippen molar-refractivity contribution >= 4 is 36.0 Å². The summed E-state index contributed by atoms with van der Waals surface area (Å²) in [6.45, 7) is 36.0. The Hall–Kier alpha value is -2.92. The molecule has 1 aliphatic heterocycles. The van der Waals surface area contributed by atoms with Gasteiger partial charge in [-0.05, 0) is 56.3 Å². The molecule has 1 amide bonds. The van der Waals surface area contributed by atoms with E-state index >= 15 is 0 Å². The Morgan fingerprint density at radius 2 is 0.938 bits per heavy atom. The van der Waals surface area contributed by atoms with Gasteiger partial charge < -0.3 is 33.4 Å². The second-order valence-corrected chi connectivity index (χ2v) is 23.8. The minimum Gasteiger partial charge on any atom is -0.498 e. The molecular formula is C70H137NO10. The number of ketones is 2. The zero-order chi connectivity index (χ0) is 62.4. The molecule has 0 spiro atoms. The van der Waals surface area contributed by atoms with Gasteiger partial charge >= 0.3 is 5.97 Å². The van der Waals surface area contributed by atoms with E-state index in [9.17, 15) is 28.8 Å². The van der Waals surface area contributed by atoms with Gasteiger partial charge in [0.1, 0.15) is 30.7 Å². The monoisotopic (exact) mass is 1150 g/mol. The summed E-state index contributed by atoms with van der Waals surface area (Å²) in [4.78, 5) is 69.2. The first-order valence-electron chi connectivity index (χ1n) is 33.5. The van der Waals surface area contributed by atoms with E-state index in [1.54, 1.807) is 14.2 Å². The van der Waals surface area contributed by atoms with Crippen molar-refractivity contribution < 1.29 is 47.7 Å². The number of carbonyl (C=O) groups is 6. The van der Waals surface area contributed by atoms with Crippen LogP contribution in [-0.4, -0.2) is 94.1 Å². The number of likely N-dealkylation sites (tertiary alicyclic amines) is 1. The first-order valence-corrected chi connectivity index (χ1v) is 33.5. The third-order valence-electron chi connectivity index (χ3n) is 14.7. The molecule has 482 valence electrons. The Morgan fingerprint density at radius 1 is 0.531 bits per heavy atom. The number of carbonyl (C=O) groups excluding carboxylic acids is 6. The summed E-state index contributed by atoms with van der Waals surface area (Å²) in [6, 6.07) is 0.0568. The van der Waals surface area contributed by atoms with Crippen molar-refractivity contribution in [2.75, 3.05) is 47.2 Å². The molecule has 0 aromatic rings. The van der Waals surface area contributed by atoms with Crippen molar-refractivity contribution in [2.45, 2.75) is 328 Å². The molecule has 0 aliphatic carbocycles. The number of hydrogen-bond acceptors (Lipinski definition) is 10. The fourth-order valence-electron chi connectivity index (χ4n) is 8.63. The van der Waals surface area contributed by atoms with Crippen molar-refractivity contribution in [1.29, 1.82) is 0 Å². The highest BCUT2D eigenvalue weighted by molar-refractivity contribution is 5.81. The third kappa shape index (κ3) is 63.0. The van der Waals surface area contributed by atoms with Crippen LogP contribution in [0.1, 0.15) is 322 Å². The molecule has 0 aromatic heterocycles. The van der Waals surface area contributed by atoms with E-state index in [1.165, 1.54) is 128 Å². The lowest BCUT2D eigenvalue weighted by molar-refractivity contribution is -0.154. The second kappa shape index (κ2) is 66.2. The lowest BCUT2D eigenvalue weighted by atomic mass is 9.90. The van der Waals surface area contributed by atoms with Crippen LogP contribution >= 0.6 is 0 Å². The highest BCUT2D eigenvalue weighted by Gasteiger charge is 2.34. The molecule has 1 fully saturated rings. The van der Waals surface area contributed by atoms with Crippen molar-refractivity contribution in [1.82, 2.24) is 4.90 Å². The van der Waals surface area contributed by atoms with Crippen LogP contribution < -0.4 is 0 Å². The highest BCUT2D eigenvalue weighted by Crippen LogP contribution is 2.26. The van der Waals surface area contributed by atoms with Crippen LogP contribution in [0.3, 0.4) is 0 Å². The van der Waals surface area contributed by atoms with Gasteiger partial charge in [0.15, 0.2) is 0 Å². The van der Waals surface area contributed by atoms with Gasteiger partial charge in [-0.3, -0.25) is 19.2 Å². The molecule has 0 saturated carbocycles. The van der Waals surface area contributed by atoms with Crippen LogP contribution in [0, 0.1) is 29.1 Å². The minimum atomic E-state index is -0.195. The lowest BCUT2D eigenvalue weighted by Crippen LogP contribution is -2.54. The van der Waals surface area contributed by atoms with Gasteiger partial charge in [-0.2, -0.15) is 0 Å². The van der Waals surface area contributed by atoms with E-state index in [2.05, 4.69) is 62.0 Å². The SMILES string of the molecule is C=C(CCCCCCCC)OCC(COC)CC(=O)C(C)CC.CC.CCC(COC)CC(=O)OCC1CCN1C(=O)CC(C)(C)C.CCCCCCCCC(=O)C(C)CC.CCCCCCCCC=O.CCCCCCCCC=O. The van der Waals surface area contributed by atoms with Gasteiger partial charge in [0.25, 0.3) is 0 Å². The molecule has 1 aliphatic rings. The first-order chi connectivity index (χ1) is 38.9. The molecule has 5 atom stereocenters. The van der Waals surface area contributed by atoms with Gasteiger partial charge in [0, 0.05) is 83.6 Å². The maximum absolute atomic E-state index is 12.2. The van der Waals surface area contributed by atoms with Gasteiger partial charge in [-0.15, -0.1) is 0 Å². The van der Waals surface area contributed by atoms with Crippen LogP contribution in [0.5, 0.6) is 0 Å². The first kappa shape index (κ1) is 86.9. The Kier molecular flexibility index (Phi) is 71.0. The molecule has 0 bridgehead atoms. The maximum Gasteiger partial charge on any atom is 0.306 e. The fraction of sp³-hybridized carbons (Fsp3) is 0.886. The highest BCUT2D eigenvalue weighted by atomic mass is 16.5. The molecule has 0 radical (unpaired) electrons. The number of esters is 1. The van der Waals surface area contributed by atoms with Crippen LogP contribution in [0.2, 0.25) is 0 Å². The van der Waals surface area contributed by atoms with Gasteiger partial charge in [0.05, 0.1) is 31.4 Å². The molecule has 11 heteroatoms. The number of amides is 1. The van der Waals surface area contributed by atoms with Gasteiger partial charge in [-0.1, -0.05) is 238 Å². The number of nitrogens with zero attached hydrogens (tertiary/aromatic N) is 1. The van der Waals surface area contributed by atoms with E-state index in [4.69, 9.17) is 18.9 Å². The summed E-state index contributed by atoms with van der Waals surface area (Å²) in [6.07, 6.45) is 40.9. The van der Waals surface area contributed by atoms with E-state index in [-0.39, 0.29) is 47.0 Å². The third-order valence-corrected chi connectivity index (χ3v) is 14.7. The van der Waals surface area contributed by atoms with Crippen molar-refractivity contribution in [2.24, 2.45) is 29.1 Å². The Morgan fingerprint density at radius 3 is 1.32 bits per heavy atom. The smallest absolute Gasteiger partial charge is 0.306 e. The number of Topliss-reactive ketones (excluding diaryl/α,β-unsaturated/α-hetero) is 2. The van der Waals surface area contributed by atoms with Crippen molar-refractivity contribution in [3.05, 3.63) is 12.3 Å². The normalized spacial score (nSPS) is 13.8. The summed E-state index contributed by atoms with van der Waals surface area (Å²) in [7, 11) is 3.31. The van der Waals surface area contributed by atoms with E-state index in [1.807, 2.05) is 46.4 Å². The predicted octanol–water partition coefficient (Wildman–Crippen LogP) is 19.4. The number of rotatable bonds is 47. The minimum absolute atomic E-state index is 0.0115. The zero-order valence-electron chi connectivity index (χ0n) is 56.6. The molecule has 0 N–H and O–H groups in total. The number of aldehydes is 2. The number of unbranched alkanes of at least 4 members (excludes halogenated alkanes) is 22. The van der Waals surface area contributed by atoms with Gasteiger partial charge in [-0.25, -0.2) is 0 Å². The molecule has 1 heterocycles. The van der Waals surface area contributed by atoms with Crippen LogP contribution in [-0.2, 0) is 47.7 Å². The summed E-state index contributed by atoms with van der Waals surface area (Å²) >= 11 is 0. The quantitative estimate of drug-likeness (QED) is 0.0250. The van der Waals surface area contributed by atoms with Gasteiger partial charge in [0.2, 0.25) is 5.91 Å². The molecule has 5 unspecified atom stereocenters. The summed E-state index contributed by atoms with van der Waals surface area (Å²) in [5, 5.41) is 0. The van der Waals surface area contributed by atoms with Crippen LogP contribution in [0.4, 0.5) is 0 Å². The molecular weight excluding hydrogens is 1010 g/mol. The summed E-state index contributed by atoms with van der Waals surface area (Å²) in [5.74, 6) is 2.32. The second-order valence-electron chi connectivity index (χ2n) is 23.8. The van der Waals surface area contributed by atoms with Crippen molar-refractivity contribution in [3.8, 4) is 0 Å². The Labute approximate surface area is 502 Å².